The van der Waals surface area contributed by atoms with E-state index in [1.165, 1.54) is 16.7 Å². The van der Waals surface area contributed by atoms with Crippen LogP contribution in [0.25, 0.3) is 83.2 Å². The van der Waals surface area contributed by atoms with Crippen LogP contribution in [-0.2, 0) is 34.0 Å². The van der Waals surface area contributed by atoms with Crippen molar-refractivity contribution >= 4 is 55.6 Å². The van der Waals surface area contributed by atoms with E-state index in [4.69, 9.17) is 14.7 Å². The fourth-order valence-electron chi connectivity index (χ4n) is 11.0. The van der Waals surface area contributed by atoms with Gasteiger partial charge < -0.3 is 23.7 Å². The number of anilines is 4. The molecule has 74 heavy (non-hydrogen) atoms. The van der Waals surface area contributed by atoms with E-state index in [0.29, 0.717) is 11.5 Å². The monoisotopic (exact) mass is 1130 g/mol. The molecule has 3 aromatic heterocycles. The summed E-state index contributed by atoms with van der Waals surface area (Å²) >= 11 is 0. The smallest absolute Gasteiger partial charge is 0.135 e. The molecular formula is C66H47N6OPt-3. The molecule has 7 nitrogen and oxygen atoms in total. The third-order valence-corrected chi connectivity index (χ3v) is 14.5. The van der Waals surface area contributed by atoms with Crippen LogP contribution in [0.2, 0.25) is 0 Å². The number of nitrogens with zero attached hydrogens (tertiary/aromatic N) is 6. The number of hydrogen-bond donors (Lipinski definition) is 0. The summed E-state index contributed by atoms with van der Waals surface area (Å²) in [7, 11) is 0. The van der Waals surface area contributed by atoms with E-state index < -0.39 is 0 Å². The molecule has 0 spiro atoms. The molecule has 0 atom stereocenters. The van der Waals surface area contributed by atoms with Crippen LogP contribution < -0.4 is 14.5 Å². The van der Waals surface area contributed by atoms with Gasteiger partial charge in [-0.2, -0.15) is 12.1 Å². The van der Waals surface area contributed by atoms with Gasteiger partial charge in [0.2, 0.25) is 0 Å². The molecule has 12 aromatic rings. The molecule has 8 heteroatoms. The SMILES string of the molecule is Cc1cc(-n2c3[c-]c(Oc4[c-]c(N5[CH-]N(c6ccc(-c7ccccc7)cc6-c6cccc(-c7ccccc7)c6)c6cc7c(cc65)nc5n7CCCC5)ccc4)ccc3c3ccccc32)ncc1-c1ccccc1.[Pt]. The molecule has 14 rings (SSSR count). The van der Waals surface area contributed by atoms with E-state index in [0.717, 1.165) is 126 Å². The zero-order valence-electron chi connectivity index (χ0n) is 40.5. The molecule has 5 heterocycles. The molecule has 0 saturated heterocycles. The molecule has 0 saturated carbocycles. The Kier molecular flexibility index (Phi) is 11.5. The Bertz CT molecular complexity index is 4070. The number of rotatable bonds is 9. The summed E-state index contributed by atoms with van der Waals surface area (Å²) in [5.74, 6) is 3.14. The average molecular weight is 1140 g/mol. The minimum Gasteiger partial charge on any atom is -0.509 e. The summed E-state index contributed by atoms with van der Waals surface area (Å²) in [6.07, 6.45) is 5.26. The maximum atomic E-state index is 6.76. The number of pyridine rings is 1. The molecule has 0 amide bonds. The topological polar surface area (TPSA) is 51.4 Å². The van der Waals surface area contributed by atoms with Gasteiger partial charge in [0.05, 0.1) is 11.0 Å². The van der Waals surface area contributed by atoms with Gasteiger partial charge in [0.15, 0.2) is 0 Å². The summed E-state index contributed by atoms with van der Waals surface area (Å²) in [4.78, 5) is 14.9. The van der Waals surface area contributed by atoms with Crippen molar-refractivity contribution in [1.82, 2.24) is 19.1 Å². The van der Waals surface area contributed by atoms with Gasteiger partial charge in [-0.1, -0.05) is 139 Å². The van der Waals surface area contributed by atoms with Gasteiger partial charge in [0.25, 0.3) is 0 Å². The van der Waals surface area contributed by atoms with Gasteiger partial charge in [0.1, 0.15) is 11.6 Å². The molecule has 0 radical (unpaired) electrons. The fraction of sp³-hybridized carbons (Fsp3) is 0.0758. The van der Waals surface area contributed by atoms with Crippen molar-refractivity contribution in [3.8, 4) is 61.8 Å². The van der Waals surface area contributed by atoms with Crippen molar-refractivity contribution in [1.29, 1.82) is 0 Å². The van der Waals surface area contributed by atoms with E-state index in [9.17, 15) is 0 Å². The summed E-state index contributed by atoms with van der Waals surface area (Å²) in [6.45, 7) is 5.32. The van der Waals surface area contributed by atoms with Gasteiger partial charge in [-0.05, 0) is 107 Å². The van der Waals surface area contributed by atoms with Crippen LogP contribution in [-0.4, -0.2) is 19.1 Å². The quantitative estimate of drug-likeness (QED) is 0.135. The van der Waals surface area contributed by atoms with Crippen molar-refractivity contribution < 1.29 is 25.8 Å². The second-order valence-corrected chi connectivity index (χ2v) is 19.0. The minimum absolute atomic E-state index is 0. The van der Waals surface area contributed by atoms with E-state index in [1.807, 2.05) is 30.5 Å². The number of imidazole rings is 1. The molecular weight excluding hydrogens is 1090 g/mol. The van der Waals surface area contributed by atoms with Crippen LogP contribution in [0.5, 0.6) is 11.5 Å². The molecule has 0 N–H and O–H groups in total. The second kappa shape index (κ2) is 18.8. The van der Waals surface area contributed by atoms with Gasteiger partial charge in [-0.25, -0.2) is 9.97 Å². The first-order valence-electron chi connectivity index (χ1n) is 25.1. The summed E-state index contributed by atoms with van der Waals surface area (Å²) in [5, 5.41) is 2.20. The molecule has 2 aliphatic rings. The van der Waals surface area contributed by atoms with Crippen molar-refractivity contribution in [3.63, 3.8) is 0 Å². The molecule has 0 fully saturated rings. The molecule has 360 valence electrons. The first-order valence-corrected chi connectivity index (χ1v) is 25.1. The first-order chi connectivity index (χ1) is 36.1. The maximum absolute atomic E-state index is 6.76. The average Bonchev–Trinajstić information content (AvgIpc) is 4.16. The van der Waals surface area contributed by atoms with Gasteiger partial charge in [0, 0.05) is 85.4 Å². The fourth-order valence-corrected chi connectivity index (χ4v) is 11.0. The number of aromatic nitrogens is 4. The van der Waals surface area contributed by atoms with Gasteiger partial charge in [-0.3, -0.25) is 0 Å². The molecule has 0 unspecified atom stereocenters. The first kappa shape index (κ1) is 45.4. The zero-order valence-corrected chi connectivity index (χ0v) is 42.8. The number of para-hydroxylation sites is 1. The van der Waals surface area contributed by atoms with Crippen LogP contribution >= 0.6 is 0 Å². The molecule has 2 aliphatic heterocycles. The van der Waals surface area contributed by atoms with Crippen LogP contribution in [0, 0.1) is 25.7 Å². The Hall–Kier alpha value is -8.51. The van der Waals surface area contributed by atoms with E-state index in [1.54, 1.807) is 0 Å². The van der Waals surface area contributed by atoms with Crippen LogP contribution in [0.4, 0.5) is 22.7 Å². The Balaban J connectivity index is 0.00000528. The third-order valence-electron chi connectivity index (χ3n) is 14.5. The maximum Gasteiger partial charge on any atom is 0.135 e. The summed E-state index contributed by atoms with van der Waals surface area (Å²) in [5.41, 5.74) is 18.4. The zero-order chi connectivity index (χ0) is 48.4. The minimum atomic E-state index is 0. The van der Waals surface area contributed by atoms with Crippen molar-refractivity contribution in [2.24, 2.45) is 0 Å². The van der Waals surface area contributed by atoms with Crippen LogP contribution in [0.15, 0.2) is 212 Å². The van der Waals surface area contributed by atoms with E-state index in [-0.39, 0.29) is 21.1 Å². The second-order valence-electron chi connectivity index (χ2n) is 19.0. The number of fused-ring (bicyclic) bond motifs is 7. The van der Waals surface area contributed by atoms with Crippen molar-refractivity contribution in [3.05, 3.63) is 243 Å². The summed E-state index contributed by atoms with van der Waals surface area (Å²) < 4.78 is 11.4. The van der Waals surface area contributed by atoms with Crippen LogP contribution in [0.1, 0.15) is 24.2 Å². The van der Waals surface area contributed by atoms with Crippen LogP contribution in [0.3, 0.4) is 0 Å². The standard InChI is InChI=1S/C66H47N6O.Pt/c1-44-35-66(67-42-57(44)47-21-9-4-10-22-47)72-60-28-12-11-27-54(60)55-32-31-53(39-61(55)72)73-52-26-16-25-51(38-52)70-43-71(64-41-62-58(40-63(64)70)68-65-29-13-14-34-69(62)65)59-33-30-49(46-19-7-3-8-20-46)37-56(59)50-24-15-23-48(36-50)45-17-5-2-6-18-45;/h2-12,15-28,30-33,35-37,40-43H,13-14,29,34H2,1H3;/q-3;. The molecule has 0 aliphatic carbocycles. The Morgan fingerprint density at radius 1 is 0.514 bits per heavy atom. The van der Waals surface area contributed by atoms with Crippen molar-refractivity contribution in [2.75, 3.05) is 9.80 Å². The Morgan fingerprint density at radius 2 is 1.20 bits per heavy atom. The van der Waals surface area contributed by atoms with Crippen molar-refractivity contribution in [2.45, 2.75) is 32.7 Å². The number of aryl methyl sites for hydroxylation is 3. The normalized spacial score (nSPS) is 13.0. The van der Waals surface area contributed by atoms with Gasteiger partial charge in [-0.15, -0.1) is 48.1 Å². The number of ether oxygens (including phenoxy) is 1. The summed E-state index contributed by atoms with van der Waals surface area (Å²) in [6, 6.07) is 80.3. The van der Waals surface area contributed by atoms with Gasteiger partial charge >= 0.3 is 0 Å². The predicted octanol–water partition coefficient (Wildman–Crippen LogP) is 16.6. The third kappa shape index (κ3) is 7.96. The Morgan fingerprint density at radius 3 is 2.00 bits per heavy atom. The Labute approximate surface area is 444 Å². The number of benzene rings is 9. The largest absolute Gasteiger partial charge is 0.509 e. The number of hydrogen-bond acceptors (Lipinski definition) is 5. The molecule has 9 aromatic carbocycles. The predicted molar refractivity (Wildman–Crippen MR) is 297 cm³/mol. The molecule has 0 bridgehead atoms. The van der Waals surface area contributed by atoms with E-state index in [2.05, 4.69) is 227 Å². The van der Waals surface area contributed by atoms with E-state index >= 15 is 0 Å².